The van der Waals surface area contributed by atoms with Gasteiger partial charge in [0.25, 0.3) is 11.5 Å². The zero-order valence-electron chi connectivity index (χ0n) is 17.1. The number of carbonyl (C=O) groups excluding carboxylic acids is 2. The number of rotatable bonds is 7. The van der Waals surface area contributed by atoms with Crippen molar-refractivity contribution < 1.29 is 9.59 Å². The second-order valence-corrected chi connectivity index (χ2v) is 7.07. The first-order valence-electron chi connectivity index (χ1n) is 9.83. The number of hydrogen-bond acceptors (Lipinski definition) is 3. The van der Waals surface area contributed by atoms with Gasteiger partial charge in [-0.3, -0.25) is 14.4 Å². The van der Waals surface area contributed by atoms with Crippen molar-refractivity contribution in [1.29, 1.82) is 0 Å². The molecular weight excluding hydrogens is 378 g/mol. The molecule has 0 fully saturated rings. The van der Waals surface area contributed by atoms with Crippen LogP contribution >= 0.6 is 0 Å². The summed E-state index contributed by atoms with van der Waals surface area (Å²) in [6, 6.07) is 18.8. The standard InChI is InChI=1S/C24H25N3O3/c1-17-12-14-27(15-13-18-8-4-3-5-9-18)24(30)22(17)23(29)26-20-11-7-6-10-19(20)16-21(28)25-2/h3-12,14H,13,15-16H2,1-2H3,(H,25,28)(H,26,29). The first-order chi connectivity index (χ1) is 14.5. The number of nitrogens with zero attached hydrogens (tertiary/aromatic N) is 1. The number of amides is 2. The summed E-state index contributed by atoms with van der Waals surface area (Å²) in [6.07, 6.45) is 2.55. The highest BCUT2D eigenvalue weighted by molar-refractivity contribution is 6.05. The quantitative estimate of drug-likeness (QED) is 0.637. The molecule has 0 spiro atoms. The van der Waals surface area contributed by atoms with E-state index in [0.717, 1.165) is 5.56 Å². The van der Waals surface area contributed by atoms with Crippen LogP contribution in [0.4, 0.5) is 5.69 Å². The van der Waals surface area contributed by atoms with Gasteiger partial charge in [0.2, 0.25) is 5.91 Å². The van der Waals surface area contributed by atoms with Crippen LogP contribution in [0.3, 0.4) is 0 Å². The molecular formula is C24H25N3O3. The average molecular weight is 403 g/mol. The maximum atomic E-state index is 13.0. The number of nitrogens with one attached hydrogen (secondary N) is 2. The van der Waals surface area contributed by atoms with E-state index in [-0.39, 0.29) is 23.5 Å². The van der Waals surface area contributed by atoms with Gasteiger partial charge in [0.1, 0.15) is 5.56 Å². The number of anilines is 1. The van der Waals surface area contributed by atoms with Gasteiger partial charge in [-0.25, -0.2) is 0 Å². The molecule has 0 aliphatic rings. The molecule has 6 nitrogen and oxygen atoms in total. The van der Waals surface area contributed by atoms with E-state index >= 15 is 0 Å². The third-order valence-electron chi connectivity index (χ3n) is 4.98. The molecule has 30 heavy (non-hydrogen) atoms. The summed E-state index contributed by atoms with van der Waals surface area (Å²) in [5.74, 6) is -0.633. The van der Waals surface area contributed by atoms with Crippen molar-refractivity contribution >= 4 is 17.5 Å². The van der Waals surface area contributed by atoms with Crippen LogP contribution in [0.15, 0.2) is 71.7 Å². The number of aryl methyl sites for hydroxylation is 3. The molecule has 0 aliphatic heterocycles. The van der Waals surface area contributed by atoms with Gasteiger partial charge >= 0.3 is 0 Å². The third-order valence-corrected chi connectivity index (χ3v) is 4.98. The Morgan fingerprint density at radius 1 is 0.967 bits per heavy atom. The lowest BCUT2D eigenvalue weighted by molar-refractivity contribution is -0.119. The van der Waals surface area contributed by atoms with Gasteiger partial charge in [0.05, 0.1) is 6.42 Å². The van der Waals surface area contributed by atoms with Crippen LogP contribution in [-0.2, 0) is 24.2 Å². The summed E-state index contributed by atoms with van der Waals surface area (Å²) in [5.41, 5.74) is 2.72. The van der Waals surface area contributed by atoms with E-state index in [1.54, 1.807) is 55.1 Å². The van der Waals surface area contributed by atoms with Crippen molar-refractivity contribution in [2.24, 2.45) is 0 Å². The van der Waals surface area contributed by atoms with Crippen LogP contribution in [0, 0.1) is 6.92 Å². The predicted octanol–water partition coefficient (Wildman–Crippen LogP) is 2.94. The van der Waals surface area contributed by atoms with E-state index in [1.165, 1.54) is 0 Å². The summed E-state index contributed by atoms with van der Waals surface area (Å²) in [4.78, 5) is 37.7. The Hall–Kier alpha value is -3.67. The summed E-state index contributed by atoms with van der Waals surface area (Å²) in [6.45, 7) is 2.23. The van der Waals surface area contributed by atoms with Gasteiger partial charge in [-0.2, -0.15) is 0 Å². The van der Waals surface area contributed by atoms with Crippen molar-refractivity contribution in [3.63, 3.8) is 0 Å². The number of hydrogen-bond donors (Lipinski definition) is 2. The molecule has 2 N–H and O–H groups in total. The molecule has 0 aliphatic carbocycles. The molecule has 0 atom stereocenters. The molecule has 1 heterocycles. The molecule has 0 saturated carbocycles. The van der Waals surface area contributed by atoms with E-state index in [0.29, 0.717) is 29.8 Å². The Kier molecular flexibility index (Phi) is 6.80. The van der Waals surface area contributed by atoms with Crippen molar-refractivity contribution in [3.8, 4) is 0 Å². The molecule has 2 aromatic carbocycles. The Balaban J connectivity index is 1.83. The first kappa shape index (κ1) is 21.0. The lowest BCUT2D eigenvalue weighted by Gasteiger charge is -2.13. The van der Waals surface area contributed by atoms with Crippen LogP contribution in [0.1, 0.15) is 27.0 Å². The fourth-order valence-corrected chi connectivity index (χ4v) is 3.25. The van der Waals surface area contributed by atoms with E-state index in [4.69, 9.17) is 0 Å². The molecule has 0 saturated heterocycles. The van der Waals surface area contributed by atoms with Gasteiger partial charge in [0, 0.05) is 25.5 Å². The number of benzene rings is 2. The minimum absolute atomic E-state index is 0.111. The lowest BCUT2D eigenvalue weighted by atomic mass is 10.1. The minimum Gasteiger partial charge on any atom is -0.359 e. The van der Waals surface area contributed by atoms with Gasteiger partial charge < -0.3 is 15.2 Å². The van der Waals surface area contributed by atoms with Crippen LogP contribution in [0.25, 0.3) is 0 Å². The van der Waals surface area contributed by atoms with Gasteiger partial charge in [-0.05, 0) is 42.2 Å². The fraction of sp³-hybridized carbons (Fsp3) is 0.208. The lowest BCUT2D eigenvalue weighted by Crippen LogP contribution is -2.31. The molecule has 3 rings (SSSR count). The molecule has 1 aromatic heterocycles. The zero-order chi connectivity index (χ0) is 21.5. The highest BCUT2D eigenvalue weighted by Gasteiger charge is 2.17. The van der Waals surface area contributed by atoms with Gasteiger partial charge in [0.15, 0.2) is 0 Å². The first-order valence-corrected chi connectivity index (χ1v) is 9.83. The normalized spacial score (nSPS) is 10.5. The second kappa shape index (κ2) is 9.69. The largest absolute Gasteiger partial charge is 0.359 e. The highest BCUT2D eigenvalue weighted by atomic mass is 16.2. The molecule has 0 radical (unpaired) electrons. The van der Waals surface area contributed by atoms with E-state index < -0.39 is 5.91 Å². The van der Waals surface area contributed by atoms with E-state index in [9.17, 15) is 14.4 Å². The number of para-hydroxylation sites is 1. The predicted molar refractivity (Wildman–Crippen MR) is 118 cm³/mol. The summed E-state index contributed by atoms with van der Waals surface area (Å²) >= 11 is 0. The summed E-state index contributed by atoms with van der Waals surface area (Å²) in [7, 11) is 1.56. The molecule has 0 unspecified atom stereocenters. The summed E-state index contributed by atoms with van der Waals surface area (Å²) < 4.78 is 1.56. The smallest absolute Gasteiger partial charge is 0.263 e. The maximum absolute atomic E-state index is 13.0. The number of pyridine rings is 1. The zero-order valence-corrected chi connectivity index (χ0v) is 17.1. The van der Waals surface area contributed by atoms with E-state index in [1.807, 2.05) is 30.3 Å². The van der Waals surface area contributed by atoms with Crippen molar-refractivity contribution in [3.05, 3.63) is 99.5 Å². The fourth-order valence-electron chi connectivity index (χ4n) is 3.25. The van der Waals surface area contributed by atoms with Crippen LogP contribution in [0.5, 0.6) is 0 Å². The van der Waals surface area contributed by atoms with Gasteiger partial charge in [-0.15, -0.1) is 0 Å². The Bertz CT molecular complexity index is 1100. The van der Waals surface area contributed by atoms with Crippen molar-refractivity contribution in [1.82, 2.24) is 9.88 Å². The molecule has 154 valence electrons. The molecule has 6 heteroatoms. The minimum atomic E-state index is -0.476. The topological polar surface area (TPSA) is 80.2 Å². The molecule has 3 aromatic rings. The van der Waals surface area contributed by atoms with Crippen molar-refractivity contribution in [2.45, 2.75) is 26.3 Å². The van der Waals surface area contributed by atoms with E-state index in [2.05, 4.69) is 10.6 Å². The highest BCUT2D eigenvalue weighted by Crippen LogP contribution is 2.17. The summed E-state index contributed by atoms with van der Waals surface area (Å²) in [5, 5.41) is 5.38. The average Bonchev–Trinajstić information content (AvgIpc) is 2.75. The second-order valence-electron chi connectivity index (χ2n) is 7.07. The van der Waals surface area contributed by atoms with Crippen LogP contribution in [0.2, 0.25) is 0 Å². The molecule has 0 bridgehead atoms. The Morgan fingerprint density at radius 2 is 1.67 bits per heavy atom. The molecule has 2 amide bonds. The SMILES string of the molecule is CNC(=O)Cc1ccccc1NC(=O)c1c(C)ccn(CCc2ccccc2)c1=O. The monoisotopic (exact) mass is 403 g/mol. The van der Waals surface area contributed by atoms with Crippen LogP contribution in [-0.4, -0.2) is 23.4 Å². The third kappa shape index (κ3) is 5.03. The van der Waals surface area contributed by atoms with Crippen molar-refractivity contribution in [2.75, 3.05) is 12.4 Å². The van der Waals surface area contributed by atoms with Gasteiger partial charge in [-0.1, -0.05) is 48.5 Å². The number of aromatic nitrogens is 1. The Morgan fingerprint density at radius 3 is 2.40 bits per heavy atom. The number of carbonyl (C=O) groups is 2. The van der Waals surface area contributed by atoms with Crippen LogP contribution < -0.4 is 16.2 Å². The Labute approximate surface area is 175 Å². The number of likely N-dealkylation sites (N-methyl/N-ethyl adjacent to an activating group) is 1. The maximum Gasteiger partial charge on any atom is 0.263 e.